The summed E-state index contributed by atoms with van der Waals surface area (Å²) in [6, 6.07) is 3.84. The Bertz CT molecular complexity index is 473. The number of nitrogens with zero attached hydrogens (tertiary/aromatic N) is 1. The topological polar surface area (TPSA) is 24.9 Å². The van der Waals surface area contributed by atoms with Gasteiger partial charge in [-0.1, -0.05) is 37.0 Å². The molecule has 0 aromatic carbocycles. The maximum atomic E-state index is 5.33. The summed E-state index contributed by atoms with van der Waals surface area (Å²) in [6.07, 6.45) is 9.21. The van der Waals surface area contributed by atoms with Crippen LogP contribution in [0.3, 0.4) is 0 Å². The highest BCUT2D eigenvalue weighted by atomic mass is 32.1. The van der Waals surface area contributed by atoms with E-state index in [0.29, 0.717) is 4.99 Å². The molecule has 0 atom stereocenters. The average Bonchev–Trinajstić information content (AvgIpc) is 2.29. The van der Waals surface area contributed by atoms with Crippen molar-refractivity contribution < 1.29 is 0 Å². The van der Waals surface area contributed by atoms with Gasteiger partial charge in [-0.05, 0) is 32.1 Å². The van der Waals surface area contributed by atoms with E-state index in [9.17, 15) is 0 Å². The molecule has 1 aromatic rings. The molecule has 0 aliphatic heterocycles. The quantitative estimate of drug-likeness (QED) is 0.650. The first-order valence-electron chi connectivity index (χ1n) is 5.34. The van der Waals surface area contributed by atoms with Crippen LogP contribution in [-0.4, -0.2) is 9.97 Å². The Hall–Kier alpha value is -1.74. The molecule has 1 N–H and O–H groups in total. The Labute approximate surface area is 108 Å². The van der Waals surface area contributed by atoms with Crippen molar-refractivity contribution in [2.75, 3.05) is 0 Å². The van der Waals surface area contributed by atoms with Gasteiger partial charge in [0, 0.05) is 23.2 Å². The van der Waals surface area contributed by atoms with Gasteiger partial charge in [0.2, 0.25) is 0 Å². The molecule has 3 heteroatoms. The standard InChI is InChI=1S/C14H16N2S/c1-4-5-6-8-11(2)16-14(17)13-9-7-10-15-12(13)3/h4-10H,1H2,2-3H3,(H,16,17)/b6-5-,11-8+. The Kier molecular flexibility index (Phi) is 5.30. The first-order chi connectivity index (χ1) is 8.15. The van der Waals surface area contributed by atoms with Gasteiger partial charge in [0.1, 0.15) is 4.99 Å². The van der Waals surface area contributed by atoms with Crippen molar-refractivity contribution in [3.63, 3.8) is 0 Å². The molecule has 0 unspecified atom stereocenters. The van der Waals surface area contributed by atoms with E-state index in [1.54, 1.807) is 12.3 Å². The first-order valence-corrected chi connectivity index (χ1v) is 5.75. The number of nitrogens with one attached hydrogen (secondary N) is 1. The van der Waals surface area contributed by atoms with Gasteiger partial charge < -0.3 is 5.32 Å². The van der Waals surface area contributed by atoms with Crippen LogP contribution in [0.2, 0.25) is 0 Å². The normalized spacial score (nSPS) is 11.5. The fraction of sp³-hybridized carbons (Fsp3) is 0.143. The maximum Gasteiger partial charge on any atom is 0.112 e. The summed E-state index contributed by atoms with van der Waals surface area (Å²) < 4.78 is 0. The van der Waals surface area contributed by atoms with Crippen LogP contribution in [0.25, 0.3) is 0 Å². The van der Waals surface area contributed by atoms with E-state index in [4.69, 9.17) is 12.2 Å². The molecule has 0 amide bonds. The van der Waals surface area contributed by atoms with Crippen LogP contribution >= 0.6 is 12.2 Å². The lowest BCUT2D eigenvalue weighted by atomic mass is 10.2. The van der Waals surface area contributed by atoms with Gasteiger partial charge in [-0.2, -0.15) is 0 Å². The second kappa shape index (κ2) is 6.76. The lowest BCUT2D eigenvalue weighted by Crippen LogP contribution is -2.21. The Morgan fingerprint density at radius 3 is 2.88 bits per heavy atom. The predicted octanol–water partition coefficient (Wildman–Crippen LogP) is 3.30. The summed E-state index contributed by atoms with van der Waals surface area (Å²) in [5.74, 6) is 0. The van der Waals surface area contributed by atoms with Crippen molar-refractivity contribution in [2.45, 2.75) is 13.8 Å². The number of aromatic nitrogens is 1. The number of aryl methyl sites for hydroxylation is 1. The fourth-order valence-corrected chi connectivity index (χ4v) is 1.67. The van der Waals surface area contributed by atoms with Crippen molar-refractivity contribution >= 4 is 17.2 Å². The highest BCUT2D eigenvalue weighted by Crippen LogP contribution is 2.05. The molecule has 0 radical (unpaired) electrons. The molecule has 0 bridgehead atoms. The van der Waals surface area contributed by atoms with Gasteiger partial charge in [0.25, 0.3) is 0 Å². The summed E-state index contributed by atoms with van der Waals surface area (Å²) in [5, 5.41) is 3.16. The number of pyridine rings is 1. The summed E-state index contributed by atoms with van der Waals surface area (Å²) in [6.45, 7) is 7.52. The Morgan fingerprint density at radius 2 is 2.24 bits per heavy atom. The number of allylic oxidation sites excluding steroid dienone is 5. The first kappa shape index (κ1) is 13.3. The van der Waals surface area contributed by atoms with Crippen molar-refractivity contribution in [1.29, 1.82) is 0 Å². The number of hydrogen-bond acceptors (Lipinski definition) is 2. The van der Waals surface area contributed by atoms with Gasteiger partial charge in [0.05, 0.1) is 0 Å². The number of rotatable bonds is 4. The maximum absolute atomic E-state index is 5.33. The van der Waals surface area contributed by atoms with Gasteiger partial charge in [-0.3, -0.25) is 4.98 Å². The van der Waals surface area contributed by atoms with Crippen molar-refractivity contribution in [3.05, 3.63) is 66.2 Å². The Balaban J connectivity index is 2.73. The molecule has 1 rings (SSSR count). The second-order valence-electron chi connectivity index (χ2n) is 3.56. The van der Waals surface area contributed by atoms with Crippen LogP contribution in [0, 0.1) is 6.92 Å². The molecule has 1 aromatic heterocycles. The van der Waals surface area contributed by atoms with E-state index < -0.39 is 0 Å². The average molecular weight is 244 g/mol. The minimum Gasteiger partial charge on any atom is -0.350 e. The summed E-state index contributed by atoms with van der Waals surface area (Å²) >= 11 is 5.33. The lowest BCUT2D eigenvalue weighted by Gasteiger charge is -2.09. The van der Waals surface area contributed by atoms with Crippen molar-refractivity contribution in [3.8, 4) is 0 Å². The third-order valence-corrected chi connectivity index (χ3v) is 2.48. The molecule has 1 heterocycles. The zero-order chi connectivity index (χ0) is 12.7. The summed E-state index contributed by atoms with van der Waals surface area (Å²) in [5.41, 5.74) is 2.87. The predicted molar refractivity (Wildman–Crippen MR) is 76.9 cm³/mol. The molecular weight excluding hydrogens is 228 g/mol. The zero-order valence-electron chi connectivity index (χ0n) is 10.1. The van der Waals surface area contributed by atoms with E-state index >= 15 is 0 Å². The molecule has 0 aliphatic carbocycles. The SMILES string of the molecule is C=C/C=C\C=C(/C)NC(=S)c1cccnc1C. The third-order valence-electron chi connectivity index (χ3n) is 2.16. The third kappa shape index (κ3) is 4.33. The number of thiocarbonyl (C=S) groups is 1. The van der Waals surface area contributed by atoms with E-state index in [1.807, 2.05) is 44.2 Å². The van der Waals surface area contributed by atoms with Crippen LogP contribution in [-0.2, 0) is 0 Å². The van der Waals surface area contributed by atoms with E-state index in [0.717, 1.165) is 17.0 Å². The van der Waals surface area contributed by atoms with E-state index in [2.05, 4.69) is 16.9 Å². The highest BCUT2D eigenvalue weighted by Gasteiger charge is 2.04. The van der Waals surface area contributed by atoms with Crippen LogP contribution in [0.15, 0.2) is 54.9 Å². The van der Waals surface area contributed by atoms with E-state index in [-0.39, 0.29) is 0 Å². The molecule has 17 heavy (non-hydrogen) atoms. The number of hydrogen-bond donors (Lipinski definition) is 1. The highest BCUT2D eigenvalue weighted by molar-refractivity contribution is 7.80. The molecule has 0 aliphatic rings. The summed E-state index contributed by atoms with van der Waals surface area (Å²) in [4.78, 5) is 4.90. The van der Waals surface area contributed by atoms with Crippen molar-refractivity contribution in [1.82, 2.24) is 10.3 Å². The Morgan fingerprint density at radius 1 is 1.47 bits per heavy atom. The van der Waals surface area contributed by atoms with E-state index in [1.165, 1.54) is 0 Å². The molecule has 0 saturated carbocycles. The fourth-order valence-electron chi connectivity index (χ4n) is 1.29. The molecule has 0 spiro atoms. The second-order valence-corrected chi connectivity index (χ2v) is 3.97. The van der Waals surface area contributed by atoms with Gasteiger partial charge >= 0.3 is 0 Å². The van der Waals surface area contributed by atoms with Crippen LogP contribution < -0.4 is 5.32 Å². The largest absolute Gasteiger partial charge is 0.350 e. The zero-order valence-corrected chi connectivity index (χ0v) is 10.9. The molecule has 2 nitrogen and oxygen atoms in total. The van der Waals surface area contributed by atoms with Gasteiger partial charge in [-0.25, -0.2) is 0 Å². The smallest absolute Gasteiger partial charge is 0.112 e. The van der Waals surface area contributed by atoms with Crippen LogP contribution in [0.5, 0.6) is 0 Å². The molecule has 0 saturated heterocycles. The van der Waals surface area contributed by atoms with Gasteiger partial charge in [0.15, 0.2) is 0 Å². The monoisotopic (exact) mass is 244 g/mol. The molecule has 88 valence electrons. The van der Waals surface area contributed by atoms with Crippen LogP contribution in [0.4, 0.5) is 0 Å². The van der Waals surface area contributed by atoms with Crippen molar-refractivity contribution in [2.24, 2.45) is 0 Å². The van der Waals surface area contributed by atoms with Gasteiger partial charge in [-0.15, -0.1) is 0 Å². The molecule has 0 fully saturated rings. The minimum atomic E-state index is 0.691. The molecular formula is C14H16N2S. The minimum absolute atomic E-state index is 0.691. The summed E-state index contributed by atoms with van der Waals surface area (Å²) in [7, 11) is 0. The van der Waals surface area contributed by atoms with Crippen LogP contribution in [0.1, 0.15) is 18.2 Å². The lowest BCUT2D eigenvalue weighted by molar-refractivity contribution is 1.12.